The van der Waals surface area contributed by atoms with Crippen molar-refractivity contribution in [2.45, 2.75) is 13.0 Å². The summed E-state index contributed by atoms with van der Waals surface area (Å²) >= 11 is 5.98. The number of hydrogen-bond donors (Lipinski definition) is 1. The van der Waals surface area contributed by atoms with Gasteiger partial charge < -0.3 is 10.6 Å². The largest absolute Gasteiger partial charge is 0.397 e. The van der Waals surface area contributed by atoms with E-state index in [1.54, 1.807) is 12.3 Å². The minimum absolute atomic E-state index is 0.723. The predicted octanol–water partition coefficient (Wildman–Crippen LogP) is 2.88. The van der Waals surface area contributed by atoms with Crippen molar-refractivity contribution >= 4 is 23.0 Å². The van der Waals surface area contributed by atoms with E-state index in [9.17, 15) is 0 Å². The highest BCUT2D eigenvalue weighted by Gasteiger charge is 2.21. The maximum atomic E-state index is 6.06. The van der Waals surface area contributed by atoms with Crippen molar-refractivity contribution in [3.05, 3.63) is 52.8 Å². The maximum Gasteiger partial charge on any atom is 0.0636 e. The van der Waals surface area contributed by atoms with Crippen LogP contribution in [-0.4, -0.2) is 11.5 Å². The van der Waals surface area contributed by atoms with Crippen molar-refractivity contribution in [1.29, 1.82) is 0 Å². The van der Waals surface area contributed by atoms with Gasteiger partial charge in [-0.3, -0.25) is 4.98 Å². The second kappa shape index (κ2) is 4.50. The number of nitrogens with two attached hydrogens (primary N) is 1. The molecule has 92 valence electrons. The summed E-state index contributed by atoms with van der Waals surface area (Å²) < 4.78 is 0. The highest BCUT2D eigenvalue weighted by atomic mass is 35.5. The van der Waals surface area contributed by atoms with Crippen LogP contribution < -0.4 is 10.6 Å². The Kier molecular flexibility index (Phi) is 2.84. The molecule has 1 aliphatic heterocycles. The van der Waals surface area contributed by atoms with Crippen LogP contribution in [0.2, 0.25) is 5.02 Å². The summed E-state index contributed by atoms with van der Waals surface area (Å²) in [5, 5.41) is 0.723. The lowest BCUT2D eigenvalue weighted by atomic mass is 10.1. The van der Waals surface area contributed by atoms with Gasteiger partial charge in [0.25, 0.3) is 0 Å². The van der Waals surface area contributed by atoms with E-state index in [0.29, 0.717) is 0 Å². The molecule has 1 aromatic heterocycles. The number of pyridine rings is 1. The molecule has 2 heterocycles. The topological polar surface area (TPSA) is 42.1 Å². The van der Waals surface area contributed by atoms with Crippen LogP contribution in [0.25, 0.3) is 0 Å². The Morgan fingerprint density at radius 3 is 3.06 bits per heavy atom. The van der Waals surface area contributed by atoms with Crippen LogP contribution in [0.1, 0.15) is 11.3 Å². The van der Waals surface area contributed by atoms with E-state index >= 15 is 0 Å². The smallest absolute Gasteiger partial charge is 0.0636 e. The number of anilines is 2. The van der Waals surface area contributed by atoms with Gasteiger partial charge in [-0.2, -0.15) is 0 Å². The number of fused-ring (bicyclic) bond motifs is 1. The maximum absolute atomic E-state index is 6.06. The molecule has 3 rings (SSSR count). The highest BCUT2D eigenvalue weighted by molar-refractivity contribution is 6.30. The van der Waals surface area contributed by atoms with Crippen LogP contribution in [0.15, 0.2) is 36.5 Å². The zero-order valence-electron chi connectivity index (χ0n) is 9.94. The summed E-state index contributed by atoms with van der Waals surface area (Å²) in [5.74, 6) is 0. The first kappa shape index (κ1) is 11.4. The van der Waals surface area contributed by atoms with E-state index in [1.807, 2.05) is 18.2 Å². The van der Waals surface area contributed by atoms with Crippen LogP contribution in [0.4, 0.5) is 11.4 Å². The third kappa shape index (κ3) is 2.02. The van der Waals surface area contributed by atoms with Gasteiger partial charge >= 0.3 is 0 Å². The molecule has 1 aromatic carbocycles. The van der Waals surface area contributed by atoms with Crippen molar-refractivity contribution in [3.8, 4) is 0 Å². The lowest BCUT2D eigenvalue weighted by Crippen LogP contribution is -2.21. The molecule has 2 N–H and O–H groups in total. The average molecular weight is 260 g/mol. The van der Waals surface area contributed by atoms with E-state index in [1.165, 1.54) is 5.56 Å². The van der Waals surface area contributed by atoms with Gasteiger partial charge in [-0.25, -0.2) is 0 Å². The van der Waals surface area contributed by atoms with E-state index in [2.05, 4.69) is 16.0 Å². The van der Waals surface area contributed by atoms with Gasteiger partial charge in [0.05, 0.1) is 23.6 Å². The third-order valence-electron chi connectivity index (χ3n) is 3.25. The molecule has 0 fully saturated rings. The number of benzene rings is 1. The fraction of sp³-hybridized carbons (Fsp3) is 0.214. The van der Waals surface area contributed by atoms with Crippen LogP contribution in [0.5, 0.6) is 0 Å². The molecule has 2 aromatic rings. The fourth-order valence-electron chi connectivity index (χ4n) is 2.45. The van der Waals surface area contributed by atoms with E-state index in [4.69, 9.17) is 17.3 Å². The average Bonchev–Trinajstić information content (AvgIpc) is 2.74. The Morgan fingerprint density at radius 2 is 2.22 bits per heavy atom. The van der Waals surface area contributed by atoms with Gasteiger partial charge in [0, 0.05) is 17.8 Å². The van der Waals surface area contributed by atoms with Gasteiger partial charge in [0.2, 0.25) is 0 Å². The van der Waals surface area contributed by atoms with Crippen molar-refractivity contribution in [2.24, 2.45) is 0 Å². The predicted molar refractivity (Wildman–Crippen MR) is 74.9 cm³/mol. The molecule has 0 atom stereocenters. The quantitative estimate of drug-likeness (QED) is 0.844. The van der Waals surface area contributed by atoms with Crippen LogP contribution >= 0.6 is 11.6 Å². The summed E-state index contributed by atoms with van der Waals surface area (Å²) in [7, 11) is 0. The molecule has 18 heavy (non-hydrogen) atoms. The van der Waals surface area contributed by atoms with Gasteiger partial charge in [0.1, 0.15) is 0 Å². The summed E-state index contributed by atoms with van der Waals surface area (Å²) in [6.07, 6.45) is 2.78. The molecule has 0 aliphatic carbocycles. The van der Waals surface area contributed by atoms with Crippen molar-refractivity contribution < 1.29 is 0 Å². The van der Waals surface area contributed by atoms with Gasteiger partial charge in [0.15, 0.2) is 0 Å². The zero-order valence-corrected chi connectivity index (χ0v) is 10.7. The van der Waals surface area contributed by atoms with Crippen molar-refractivity contribution in [3.63, 3.8) is 0 Å². The van der Waals surface area contributed by atoms with Crippen LogP contribution in [0.3, 0.4) is 0 Å². The molecule has 4 heteroatoms. The molecule has 1 aliphatic rings. The highest BCUT2D eigenvalue weighted by Crippen LogP contribution is 2.34. The number of halogens is 1. The number of nitrogen functional groups attached to an aromatic ring is 1. The Labute approximate surface area is 111 Å². The Balaban J connectivity index is 1.89. The van der Waals surface area contributed by atoms with Gasteiger partial charge in [-0.15, -0.1) is 0 Å². The Morgan fingerprint density at radius 1 is 1.33 bits per heavy atom. The summed E-state index contributed by atoms with van der Waals surface area (Å²) in [4.78, 5) is 6.61. The third-order valence-corrected chi connectivity index (χ3v) is 3.48. The summed E-state index contributed by atoms with van der Waals surface area (Å²) in [6, 6.07) is 9.78. The lowest BCUT2D eigenvalue weighted by molar-refractivity contribution is 0.815. The molecule has 0 radical (unpaired) electrons. The normalized spacial score (nSPS) is 13.7. The molecular formula is C14H14ClN3. The molecule has 0 spiro atoms. The van der Waals surface area contributed by atoms with Gasteiger partial charge in [-0.1, -0.05) is 23.7 Å². The first-order valence-electron chi connectivity index (χ1n) is 5.97. The molecule has 3 nitrogen and oxygen atoms in total. The van der Waals surface area contributed by atoms with E-state index in [0.717, 1.165) is 41.6 Å². The summed E-state index contributed by atoms with van der Waals surface area (Å²) in [6.45, 7) is 1.74. The molecular weight excluding hydrogens is 246 g/mol. The number of aromatic nitrogens is 1. The van der Waals surface area contributed by atoms with Crippen LogP contribution in [-0.2, 0) is 13.0 Å². The number of rotatable bonds is 2. The van der Waals surface area contributed by atoms with E-state index in [-0.39, 0.29) is 0 Å². The zero-order chi connectivity index (χ0) is 12.5. The first-order chi connectivity index (χ1) is 8.74. The first-order valence-corrected chi connectivity index (χ1v) is 6.34. The SMILES string of the molecule is Nc1cccc2c1N(Cc1cc(Cl)ccn1)CC2. The van der Waals surface area contributed by atoms with Gasteiger partial charge in [-0.05, 0) is 30.2 Å². The lowest BCUT2D eigenvalue weighted by Gasteiger charge is -2.20. The minimum Gasteiger partial charge on any atom is -0.397 e. The number of nitrogens with zero attached hydrogens (tertiary/aromatic N) is 2. The van der Waals surface area contributed by atoms with Crippen LogP contribution in [0, 0.1) is 0 Å². The number of hydrogen-bond acceptors (Lipinski definition) is 3. The molecule has 0 saturated carbocycles. The second-order valence-electron chi connectivity index (χ2n) is 4.49. The Bertz CT molecular complexity index is 583. The Hall–Kier alpha value is -1.74. The molecule has 0 unspecified atom stereocenters. The number of para-hydroxylation sites is 1. The molecule has 0 saturated heterocycles. The summed E-state index contributed by atoms with van der Waals surface area (Å²) in [5.41, 5.74) is 10.3. The van der Waals surface area contributed by atoms with E-state index < -0.39 is 0 Å². The minimum atomic E-state index is 0.723. The molecule has 0 bridgehead atoms. The van der Waals surface area contributed by atoms with Crippen molar-refractivity contribution in [2.75, 3.05) is 17.2 Å². The fourth-order valence-corrected chi connectivity index (χ4v) is 2.64. The van der Waals surface area contributed by atoms with Crippen molar-refractivity contribution in [1.82, 2.24) is 4.98 Å². The monoisotopic (exact) mass is 259 g/mol. The molecule has 0 amide bonds. The standard InChI is InChI=1S/C14H14ClN3/c15-11-4-6-17-12(8-11)9-18-7-5-10-2-1-3-13(16)14(10)18/h1-4,6,8H,5,7,9,16H2. The second-order valence-corrected chi connectivity index (χ2v) is 4.93.